The summed E-state index contributed by atoms with van der Waals surface area (Å²) in [5, 5.41) is 7.43. The summed E-state index contributed by atoms with van der Waals surface area (Å²) in [7, 11) is 0. The Morgan fingerprint density at radius 1 is 1.37 bits per heavy atom. The van der Waals surface area contributed by atoms with Crippen molar-refractivity contribution in [2.24, 2.45) is 0 Å². The van der Waals surface area contributed by atoms with Crippen molar-refractivity contribution < 1.29 is 4.52 Å². The maximum Gasteiger partial charge on any atom is 0.259 e. The van der Waals surface area contributed by atoms with Crippen molar-refractivity contribution >= 4 is 0 Å². The highest BCUT2D eigenvalue weighted by Crippen LogP contribution is 2.21. The highest BCUT2D eigenvalue weighted by molar-refractivity contribution is 5.50. The summed E-state index contributed by atoms with van der Waals surface area (Å²) < 4.78 is 5.32. The van der Waals surface area contributed by atoms with Crippen LogP contribution in [-0.2, 0) is 0 Å². The molecule has 1 N–H and O–H groups in total. The molecule has 1 atom stereocenters. The van der Waals surface area contributed by atoms with E-state index in [0.29, 0.717) is 5.89 Å². The van der Waals surface area contributed by atoms with Gasteiger partial charge in [0.1, 0.15) is 0 Å². The predicted molar refractivity (Wildman–Crippen MR) is 70.4 cm³/mol. The number of nitrogens with one attached hydrogen (secondary N) is 1. The topological polar surface area (TPSA) is 67.1 Å². The quantitative estimate of drug-likeness (QED) is 0.890. The molecule has 2 aromatic heterocycles. The fourth-order valence-electron chi connectivity index (χ4n) is 2.24. The number of piperazine rings is 1. The first-order valence-electron chi connectivity index (χ1n) is 6.53. The van der Waals surface area contributed by atoms with Crippen LogP contribution in [0.25, 0.3) is 11.5 Å². The molecule has 1 unspecified atom stereocenters. The van der Waals surface area contributed by atoms with Crippen molar-refractivity contribution in [3.63, 3.8) is 0 Å². The van der Waals surface area contributed by atoms with Crippen molar-refractivity contribution in [3.05, 3.63) is 30.4 Å². The molecule has 100 valence electrons. The van der Waals surface area contributed by atoms with E-state index >= 15 is 0 Å². The normalized spacial score (nSPS) is 18.4. The van der Waals surface area contributed by atoms with Crippen LogP contribution in [0.5, 0.6) is 0 Å². The Morgan fingerprint density at radius 2 is 2.21 bits per heavy atom. The minimum Gasteiger partial charge on any atom is -0.334 e. The monoisotopic (exact) mass is 259 g/mol. The summed E-state index contributed by atoms with van der Waals surface area (Å²) in [4.78, 5) is 10.9. The standard InChI is InChI=1S/C13H17N5O/c1-10(18-7-5-14-6-8-18)12-16-13(19-17-12)11-3-2-4-15-9-11/h2-4,9-10,14H,5-8H2,1H3. The maximum absolute atomic E-state index is 5.32. The Hall–Kier alpha value is -1.79. The molecular formula is C13H17N5O. The molecule has 19 heavy (non-hydrogen) atoms. The van der Waals surface area contributed by atoms with E-state index in [2.05, 4.69) is 32.3 Å². The van der Waals surface area contributed by atoms with E-state index < -0.39 is 0 Å². The van der Waals surface area contributed by atoms with Gasteiger partial charge in [0.2, 0.25) is 0 Å². The second kappa shape index (κ2) is 5.46. The summed E-state index contributed by atoms with van der Waals surface area (Å²) in [5.41, 5.74) is 0.855. The lowest BCUT2D eigenvalue weighted by Crippen LogP contribution is -2.44. The Kier molecular flexibility index (Phi) is 3.52. The molecule has 0 amide bonds. The third kappa shape index (κ3) is 2.64. The van der Waals surface area contributed by atoms with Crippen LogP contribution in [0.15, 0.2) is 29.0 Å². The minimum atomic E-state index is 0.177. The first-order valence-corrected chi connectivity index (χ1v) is 6.53. The zero-order chi connectivity index (χ0) is 13.1. The predicted octanol–water partition coefficient (Wildman–Crippen LogP) is 1.10. The number of rotatable bonds is 3. The van der Waals surface area contributed by atoms with Crippen LogP contribution in [-0.4, -0.2) is 46.2 Å². The molecule has 1 saturated heterocycles. The molecule has 2 aromatic rings. The van der Waals surface area contributed by atoms with Gasteiger partial charge in [0, 0.05) is 38.6 Å². The second-order valence-electron chi connectivity index (χ2n) is 4.66. The van der Waals surface area contributed by atoms with Gasteiger partial charge in [0.25, 0.3) is 5.89 Å². The van der Waals surface area contributed by atoms with Crippen LogP contribution in [0.2, 0.25) is 0 Å². The van der Waals surface area contributed by atoms with Crippen LogP contribution < -0.4 is 5.32 Å². The summed E-state index contributed by atoms with van der Waals surface area (Å²) in [6, 6.07) is 3.95. The molecular weight excluding hydrogens is 242 g/mol. The van der Waals surface area contributed by atoms with Crippen LogP contribution in [0.1, 0.15) is 18.8 Å². The zero-order valence-electron chi connectivity index (χ0n) is 10.9. The van der Waals surface area contributed by atoms with Gasteiger partial charge in [-0.15, -0.1) is 0 Å². The first kappa shape index (κ1) is 12.3. The molecule has 1 aliphatic heterocycles. The molecule has 0 spiro atoms. The van der Waals surface area contributed by atoms with Gasteiger partial charge in [-0.25, -0.2) is 0 Å². The molecule has 0 saturated carbocycles. The maximum atomic E-state index is 5.32. The largest absolute Gasteiger partial charge is 0.334 e. The van der Waals surface area contributed by atoms with Crippen molar-refractivity contribution in [1.82, 2.24) is 25.3 Å². The molecule has 6 nitrogen and oxygen atoms in total. The van der Waals surface area contributed by atoms with E-state index in [-0.39, 0.29) is 6.04 Å². The van der Waals surface area contributed by atoms with E-state index in [9.17, 15) is 0 Å². The molecule has 0 bridgehead atoms. The zero-order valence-corrected chi connectivity index (χ0v) is 10.9. The number of pyridine rings is 1. The summed E-state index contributed by atoms with van der Waals surface area (Å²) in [6.07, 6.45) is 3.46. The van der Waals surface area contributed by atoms with E-state index in [1.807, 2.05) is 12.1 Å². The Labute approximate surface area is 111 Å². The Morgan fingerprint density at radius 3 is 2.95 bits per heavy atom. The number of nitrogens with zero attached hydrogens (tertiary/aromatic N) is 4. The average molecular weight is 259 g/mol. The van der Waals surface area contributed by atoms with Gasteiger partial charge >= 0.3 is 0 Å². The lowest BCUT2D eigenvalue weighted by molar-refractivity contribution is 0.176. The van der Waals surface area contributed by atoms with Gasteiger partial charge in [0.05, 0.1) is 11.6 Å². The number of hydrogen-bond acceptors (Lipinski definition) is 6. The number of hydrogen-bond donors (Lipinski definition) is 1. The highest BCUT2D eigenvalue weighted by atomic mass is 16.5. The van der Waals surface area contributed by atoms with Crippen LogP contribution in [0, 0.1) is 0 Å². The molecule has 0 aromatic carbocycles. The van der Waals surface area contributed by atoms with E-state index in [1.165, 1.54) is 0 Å². The van der Waals surface area contributed by atoms with Gasteiger partial charge in [0.15, 0.2) is 5.82 Å². The van der Waals surface area contributed by atoms with Crippen LogP contribution in [0.4, 0.5) is 0 Å². The molecule has 6 heteroatoms. The van der Waals surface area contributed by atoms with Gasteiger partial charge < -0.3 is 9.84 Å². The summed E-state index contributed by atoms with van der Waals surface area (Å²) >= 11 is 0. The molecule has 1 fully saturated rings. The molecule has 3 rings (SSSR count). The van der Waals surface area contributed by atoms with E-state index in [4.69, 9.17) is 4.52 Å². The fraction of sp³-hybridized carbons (Fsp3) is 0.462. The van der Waals surface area contributed by atoms with Gasteiger partial charge in [-0.3, -0.25) is 9.88 Å². The average Bonchev–Trinajstić information content (AvgIpc) is 2.98. The van der Waals surface area contributed by atoms with Crippen molar-refractivity contribution in [2.45, 2.75) is 13.0 Å². The van der Waals surface area contributed by atoms with E-state index in [1.54, 1.807) is 12.4 Å². The first-order chi connectivity index (χ1) is 9.34. The molecule has 0 aliphatic carbocycles. The van der Waals surface area contributed by atoms with Crippen molar-refractivity contribution in [3.8, 4) is 11.5 Å². The molecule has 0 radical (unpaired) electrons. The van der Waals surface area contributed by atoms with Crippen LogP contribution >= 0.6 is 0 Å². The molecule has 1 aliphatic rings. The summed E-state index contributed by atoms with van der Waals surface area (Å²) in [6.45, 7) is 6.16. The third-order valence-electron chi connectivity index (χ3n) is 3.42. The Balaban J connectivity index is 1.77. The lowest BCUT2D eigenvalue weighted by Gasteiger charge is -2.30. The van der Waals surface area contributed by atoms with Gasteiger partial charge in [-0.2, -0.15) is 4.98 Å². The highest BCUT2D eigenvalue weighted by Gasteiger charge is 2.22. The third-order valence-corrected chi connectivity index (χ3v) is 3.42. The van der Waals surface area contributed by atoms with Gasteiger partial charge in [-0.05, 0) is 19.1 Å². The van der Waals surface area contributed by atoms with Crippen molar-refractivity contribution in [2.75, 3.05) is 26.2 Å². The summed E-state index contributed by atoms with van der Waals surface area (Å²) in [5.74, 6) is 1.27. The van der Waals surface area contributed by atoms with E-state index in [0.717, 1.165) is 37.6 Å². The van der Waals surface area contributed by atoms with Crippen LogP contribution in [0.3, 0.4) is 0 Å². The minimum absolute atomic E-state index is 0.177. The Bertz CT molecular complexity index is 521. The molecule has 3 heterocycles. The SMILES string of the molecule is CC(c1noc(-c2cccnc2)n1)N1CCNCC1. The number of aromatic nitrogens is 3. The van der Waals surface area contributed by atoms with Crippen molar-refractivity contribution in [1.29, 1.82) is 0 Å². The smallest absolute Gasteiger partial charge is 0.259 e. The van der Waals surface area contributed by atoms with Gasteiger partial charge in [-0.1, -0.05) is 5.16 Å². The lowest BCUT2D eigenvalue weighted by atomic mass is 10.2. The fourth-order valence-corrected chi connectivity index (χ4v) is 2.24. The second-order valence-corrected chi connectivity index (χ2v) is 4.66.